The zero-order chi connectivity index (χ0) is 10.7. The van der Waals surface area contributed by atoms with Crippen molar-refractivity contribution in [2.75, 3.05) is 0 Å². The first-order valence-corrected chi connectivity index (χ1v) is 4.99. The maximum absolute atomic E-state index is 5.77. The van der Waals surface area contributed by atoms with Gasteiger partial charge >= 0.3 is 0 Å². The summed E-state index contributed by atoms with van der Waals surface area (Å²) in [4.78, 5) is 4.24. The van der Waals surface area contributed by atoms with Crippen LogP contribution in [0.5, 0.6) is 11.6 Å². The third-order valence-corrected chi connectivity index (χ3v) is 2.15. The minimum absolute atomic E-state index is 0.595. The molecule has 15 heavy (non-hydrogen) atoms. The van der Waals surface area contributed by atoms with Gasteiger partial charge in [-0.3, -0.25) is 0 Å². The number of pyridine rings is 1. The molecule has 0 amide bonds. The molecular weight excluding hydrogens is 210 g/mol. The molecule has 0 radical (unpaired) electrons. The highest BCUT2D eigenvalue weighted by atomic mass is 35.5. The van der Waals surface area contributed by atoms with Crippen molar-refractivity contribution >= 4 is 11.6 Å². The summed E-state index contributed by atoms with van der Waals surface area (Å²) >= 11 is 5.77. The van der Waals surface area contributed by atoms with Crippen LogP contribution < -0.4 is 4.74 Å². The quantitative estimate of drug-likeness (QED) is 0.766. The van der Waals surface area contributed by atoms with Crippen molar-refractivity contribution in [2.24, 2.45) is 0 Å². The van der Waals surface area contributed by atoms with Crippen LogP contribution in [-0.2, 0) is 0 Å². The molecule has 2 aromatic rings. The molecule has 1 heterocycles. The Labute approximate surface area is 93.5 Å². The van der Waals surface area contributed by atoms with Crippen LogP contribution in [0.1, 0.15) is 5.69 Å². The number of ether oxygens (including phenoxy) is 1. The summed E-state index contributed by atoms with van der Waals surface area (Å²) < 4.78 is 5.54. The van der Waals surface area contributed by atoms with E-state index in [1.807, 2.05) is 37.3 Å². The Bertz CT molecular complexity index is 453. The molecule has 0 bridgehead atoms. The molecule has 0 fully saturated rings. The smallest absolute Gasteiger partial charge is 0.219 e. The lowest BCUT2D eigenvalue weighted by atomic mass is 10.3. The fraction of sp³-hybridized carbons (Fsp3) is 0.0833. The lowest BCUT2D eigenvalue weighted by molar-refractivity contribution is 0.461. The van der Waals surface area contributed by atoms with Gasteiger partial charge in [-0.25, -0.2) is 4.98 Å². The summed E-state index contributed by atoms with van der Waals surface area (Å²) in [5.74, 6) is 1.33. The van der Waals surface area contributed by atoms with E-state index in [2.05, 4.69) is 4.98 Å². The molecule has 1 aromatic carbocycles. The van der Waals surface area contributed by atoms with Crippen LogP contribution in [0.15, 0.2) is 42.5 Å². The molecule has 0 aliphatic rings. The minimum Gasteiger partial charge on any atom is -0.439 e. The van der Waals surface area contributed by atoms with Gasteiger partial charge in [-0.1, -0.05) is 17.7 Å². The van der Waals surface area contributed by atoms with Crippen molar-refractivity contribution in [3.63, 3.8) is 0 Å². The largest absolute Gasteiger partial charge is 0.439 e. The molecular formula is C12H10ClNO. The Morgan fingerprint density at radius 2 is 1.80 bits per heavy atom. The van der Waals surface area contributed by atoms with Gasteiger partial charge in [0.15, 0.2) is 0 Å². The summed E-state index contributed by atoms with van der Waals surface area (Å²) in [5.41, 5.74) is 0.932. The highest BCUT2D eigenvalue weighted by molar-refractivity contribution is 6.30. The monoisotopic (exact) mass is 219 g/mol. The Kier molecular flexibility index (Phi) is 2.88. The number of hydrogen-bond acceptors (Lipinski definition) is 2. The predicted octanol–water partition coefficient (Wildman–Crippen LogP) is 3.84. The number of halogens is 1. The molecule has 0 N–H and O–H groups in total. The first-order valence-electron chi connectivity index (χ1n) is 4.61. The summed E-state index contributed by atoms with van der Waals surface area (Å²) in [5, 5.41) is 0.694. The second-order valence-corrected chi connectivity index (χ2v) is 3.61. The number of benzene rings is 1. The van der Waals surface area contributed by atoms with Gasteiger partial charge in [0.25, 0.3) is 0 Å². The number of rotatable bonds is 2. The number of nitrogens with zero attached hydrogens (tertiary/aromatic N) is 1. The van der Waals surface area contributed by atoms with Gasteiger partial charge in [0.1, 0.15) is 5.75 Å². The Balaban J connectivity index is 2.18. The maximum atomic E-state index is 5.77. The molecule has 3 heteroatoms. The van der Waals surface area contributed by atoms with E-state index in [9.17, 15) is 0 Å². The van der Waals surface area contributed by atoms with Crippen molar-refractivity contribution < 1.29 is 4.74 Å². The van der Waals surface area contributed by atoms with Crippen LogP contribution in [0.3, 0.4) is 0 Å². The van der Waals surface area contributed by atoms with Crippen LogP contribution in [-0.4, -0.2) is 4.98 Å². The van der Waals surface area contributed by atoms with Crippen LogP contribution in [0.2, 0.25) is 5.02 Å². The Hall–Kier alpha value is -1.54. The third-order valence-electron chi connectivity index (χ3n) is 1.90. The summed E-state index contributed by atoms with van der Waals surface area (Å²) in [6.07, 6.45) is 0. The van der Waals surface area contributed by atoms with Crippen molar-refractivity contribution in [1.29, 1.82) is 0 Å². The van der Waals surface area contributed by atoms with Crippen molar-refractivity contribution in [2.45, 2.75) is 6.92 Å². The Morgan fingerprint density at radius 1 is 1.07 bits per heavy atom. The zero-order valence-corrected chi connectivity index (χ0v) is 9.03. The number of aromatic nitrogens is 1. The third kappa shape index (κ3) is 2.70. The van der Waals surface area contributed by atoms with E-state index in [0.29, 0.717) is 10.9 Å². The highest BCUT2D eigenvalue weighted by Gasteiger charge is 1.98. The standard InChI is InChI=1S/C12H10ClNO/c1-9-3-2-4-12(14-9)15-11-7-5-10(13)6-8-11/h2-8H,1H3. The van der Waals surface area contributed by atoms with Crippen LogP contribution >= 0.6 is 11.6 Å². The molecule has 0 spiro atoms. The van der Waals surface area contributed by atoms with Crippen LogP contribution in [0.25, 0.3) is 0 Å². The average molecular weight is 220 g/mol. The number of hydrogen-bond donors (Lipinski definition) is 0. The fourth-order valence-corrected chi connectivity index (χ4v) is 1.32. The molecule has 0 unspecified atom stereocenters. The predicted molar refractivity (Wildman–Crippen MR) is 60.5 cm³/mol. The maximum Gasteiger partial charge on any atom is 0.219 e. The van der Waals surface area contributed by atoms with Crippen molar-refractivity contribution in [1.82, 2.24) is 4.98 Å². The van der Waals surface area contributed by atoms with E-state index in [1.54, 1.807) is 12.1 Å². The molecule has 0 aliphatic carbocycles. The Morgan fingerprint density at radius 3 is 2.47 bits per heavy atom. The molecule has 1 aromatic heterocycles. The van der Waals surface area contributed by atoms with Gasteiger partial charge in [0, 0.05) is 16.8 Å². The first kappa shape index (κ1) is 9.99. The molecule has 2 nitrogen and oxygen atoms in total. The zero-order valence-electron chi connectivity index (χ0n) is 8.27. The van der Waals surface area contributed by atoms with Crippen LogP contribution in [0.4, 0.5) is 0 Å². The van der Waals surface area contributed by atoms with Gasteiger partial charge in [0.2, 0.25) is 5.88 Å². The molecule has 0 atom stereocenters. The first-order chi connectivity index (χ1) is 7.24. The molecule has 0 saturated carbocycles. The molecule has 0 aliphatic heterocycles. The van der Waals surface area contributed by atoms with E-state index in [1.165, 1.54) is 0 Å². The van der Waals surface area contributed by atoms with E-state index < -0.39 is 0 Å². The van der Waals surface area contributed by atoms with Crippen LogP contribution in [0, 0.1) is 6.92 Å². The summed E-state index contributed by atoms with van der Waals surface area (Å²) in [6, 6.07) is 12.8. The summed E-state index contributed by atoms with van der Waals surface area (Å²) in [7, 11) is 0. The lowest BCUT2D eigenvalue weighted by Crippen LogP contribution is -1.88. The van der Waals surface area contributed by atoms with Gasteiger partial charge in [-0.15, -0.1) is 0 Å². The highest BCUT2D eigenvalue weighted by Crippen LogP contribution is 2.21. The number of aryl methyl sites for hydroxylation is 1. The topological polar surface area (TPSA) is 22.1 Å². The van der Waals surface area contributed by atoms with Gasteiger partial charge < -0.3 is 4.74 Å². The molecule has 0 saturated heterocycles. The van der Waals surface area contributed by atoms with E-state index in [4.69, 9.17) is 16.3 Å². The van der Waals surface area contributed by atoms with E-state index in [-0.39, 0.29) is 0 Å². The van der Waals surface area contributed by atoms with Crippen molar-refractivity contribution in [3.8, 4) is 11.6 Å². The fourth-order valence-electron chi connectivity index (χ4n) is 1.20. The van der Waals surface area contributed by atoms with Gasteiger partial charge in [-0.05, 0) is 37.3 Å². The van der Waals surface area contributed by atoms with Gasteiger partial charge in [-0.2, -0.15) is 0 Å². The second kappa shape index (κ2) is 4.32. The van der Waals surface area contributed by atoms with Gasteiger partial charge in [0.05, 0.1) is 0 Å². The van der Waals surface area contributed by atoms with E-state index >= 15 is 0 Å². The van der Waals surface area contributed by atoms with E-state index in [0.717, 1.165) is 11.4 Å². The lowest BCUT2D eigenvalue weighted by Gasteiger charge is -2.04. The summed E-state index contributed by atoms with van der Waals surface area (Å²) in [6.45, 7) is 1.93. The van der Waals surface area contributed by atoms with Crippen molar-refractivity contribution in [3.05, 3.63) is 53.2 Å². The minimum atomic E-state index is 0.595. The normalized spacial score (nSPS) is 10.0. The average Bonchev–Trinajstić information content (AvgIpc) is 2.22. The SMILES string of the molecule is Cc1cccc(Oc2ccc(Cl)cc2)n1. The second-order valence-electron chi connectivity index (χ2n) is 3.17. The molecule has 2 rings (SSSR count). The molecule has 76 valence electrons.